The van der Waals surface area contributed by atoms with Crippen LogP contribution in [0.15, 0.2) is 18.2 Å². The van der Waals surface area contributed by atoms with E-state index in [0.29, 0.717) is 6.29 Å². The third kappa shape index (κ3) is 3.06. The van der Waals surface area contributed by atoms with Gasteiger partial charge in [-0.15, -0.1) is 0 Å². The van der Waals surface area contributed by atoms with Crippen molar-refractivity contribution in [3.63, 3.8) is 0 Å². The summed E-state index contributed by atoms with van der Waals surface area (Å²) >= 11 is 0. The lowest BCUT2D eigenvalue weighted by molar-refractivity contribution is -0.159. The van der Waals surface area contributed by atoms with E-state index in [2.05, 4.69) is 4.74 Å². The summed E-state index contributed by atoms with van der Waals surface area (Å²) in [4.78, 5) is 21.8. The van der Waals surface area contributed by atoms with E-state index in [9.17, 15) is 24.9 Å². The zero-order valence-electron chi connectivity index (χ0n) is 9.74. The first-order valence-corrected chi connectivity index (χ1v) is 5.32. The Bertz CT molecular complexity index is 442. The average Bonchev–Trinajstić information content (AvgIpc) is 2.38. The second kappa shape index (κ2) is 6.13. The maximum Gasteiger partial charge on any atom is 0.338 e. The SMILES string of the molecule is CCOC(=O)C(O)C(O)c1cc(C=O)ccc1O. The van der Waals surface area contributed by atoms with Gasteiger partial charge in [-0.3, -0.25) is 4.79 Å². The number of rotatable bonds is 5. The van der Waals surface area contributed by atoms with Crippen molar-refractivity contribution in [2.75, 3.05) is 6.61 Å². The molecule has 1 rings (SSSR count). The first-order valence-electron chi connectivity index (χ1n) is 5.32. The monoisotopic (exact) mass is 254 g/mol. The van der Waals surface area contributed by atoms with Crippen molar-refractivity contribution in [2.45, 2.75) is 19.1 Å². The molecule has 2 atom stereocenters. The summed E-state index contributed by atoms with van der Waals surface area (Å²) < 4.78 is 4.54. The highest BCUT2D eigenvalue weighted by Gasteiger charge is 2.28. The standard InChI is InChI=1S/C12H14O6/c1-2-18-12(17)11(16)10(15)8-5-7(6-13)3-4-9(8)14/h3-6,10-11,14-16H,2H2,1H3. The number of phenols is 1. The minimum Gasteiger partial charge on any atom is -0.508 e. The molecule has 0 aliphatic heterocycles. The van der Waals surface area contributed by atoms with Crippen molar-refractivity contribution in [1.82, 2.24) is 0 Å². The summed E-state index contributed by atoms with van der Waals surface area (Å²) in [5.74, 6) is -1.32. The zero-order chi connectivity index (χ0) is 13.7. The molecular weight excluding hydrogens is 240 g/mol. The number of aldehydes is 1. The number of aliphatic hydroxyl groups excluding tert-OH is 2. The zero-order valence-corrected chi connectivity index (χ0v) is 9.74. The van der Waals surface area contributed by atoms with Gasteiger partial charge in [0.05, 0.1) is 6.61 Å². The number of benzene rings is 1. The summed E-state index contributed by atoms with van der Waals surface area (Å²) in [6.45, 7) is 1.62. The van der Waals surface area contributed by atoms with Crippen LogP contribution in [0, 0.1) is 0 Å². The van der Waals surface area contributed by atoms with Crippen LogP contribution in [-0.4, -0.2) is 40.3 Å². The van der Waals surface area contributed by atoms with E-state index in [1.165, 1.54) is 18.2 Å². The van der Waals surface area contributed by atoms with Crippen LogP contribution in [0.3, 0.4) is 0 Å². The summed E-state index contributed by atoms with van der Waals surface area (Å²) in [5, 5.41) is 28.8. The van der Waals surface area contributed by atoms with Gasteiger partial charge >= 0.3 is 5.97 Å². The second-order valence-corrected chi connectivity index (χ2v) is 3.58. The molecule has 0 saturated carbocycles. The van der Waals surface area contributed by atoms with Gasteiger partial charge in [0.15, 0.2) is 6.10 Å². The highest BCUT2D eigenvalue weighted by atomic mass is 16.5. The molecule has 0 radical (unpaired) electrons. The van der Waals surface area contributed by atoms with Crippen molar-refractivity contribution in [2.24, 2.45) is 0 Å². The van der Waals surface area contributed by atoms with Crippen LogP contribution < -0.4 is 0 Å². The molecule has 0 heterocycles. The third-order valence-electron chi connectivity index (χ3n) is 2.33. The van der Waals surface area contributed by atoms with Crippen LogP contribution in [0.2, 0.25) is 0 Å². The lowest BCUT2D eigenvalue weighted by atomic mass is 10.0. The Morgan fingerprint density at radius 2 is 2.11 bits per heavy atom. The Labute approximate surface area is 103 Å². The van der Waals surface area contributed by atoms with Crippen LogP contribution in [0.5, 0.6) is 5.75 Å². The second-order valence-electron chi connectivity index (χ2n) is 3.58. The maximum absolute atomic E-state index is 11.2. The predicted molar refractivity (Wildman–Crippen MR) is 61.1 cm³/mol. The highest BCUT2D eigenvalue weighted by molar-refractivity contribution is 5.77. The smallest absolute Gasteiger partial charge is 0.338 e. The molecule has 1 aromatic carbocycles. The fraction of sp³-hybridized carbons (Fsp3) is 0.333. The van der Waals surface area contributed by atoms with Crippen LogP contribution in [-0.2, 0) is 9.53 Å². The topological polar surface area (TPSA) is 104 Å². The number of esters is 1. The molecule has 2 unspecified atom stereocenters. The van der Waals surface area contributed by atoms with E-state index in [4.69, 9.17) is 0 Å². The Morgan fingerprint density at radius 3 is 2.67 bits per heavy atom. The maximum atomic E-state index is 11.2. The molecular formula is C12H14O6. The number of carbonyl (C=O) groups is 2. The normalized spacial score (nSPS) is 13.7. The Morgan fingerprint density at radius 1 is 1.44 bits per heavy atom. The van der Waals surface area contributed by atoms with Crippen molar-refractivity contribution >= 4 is 12.3 Å². The molecule has 98 valence electrons. The van der Waals surface area contributed by atoms with E-state index < -0.39 is 18.2 Å². The van der Waals surface area contributed by atoms with Gasteiger partial charge in [0, 0.05) is 11.1 Å². The average molecular weight is 254 g/mol. The molecule has 0 saturated heterocycles. The number of aromatic hydroxyl groups is 1. The summed E-state index contributed by atoms with van der Waals surface area (Å²) in [5.41, 5.74) is 0.0954. The first kappa shape index (κ1) is 14.1. The molecule has 0 fully saturated rings. The van der Waals surface area contributed by atoms with Crippen molar-refractivity contribution in [1.29, 1.82) is 0 Å². The number of hydrogen-bond acceptors (Lipinski definition) is 6. The van der Waals surface area contributed by atoms with Gasteiger partial charge in [0.2, 0.25) is 0 Å². The molecule has 0 bridgehead atoms. The fourth-order valence-corrected chi connectivity index (χ4v) is 1.41. The van der Waals surface area contributed by atoms with E-state index in [-0.39, 0.29) is 23.5 Å². The van der Waals surface area contributed by atoms with Crippen molar-refractivity contribution in [3.05, 3.63) is 29.3 Å². The molecule has 0 aliphatic carbocycles. The Balaban J connectivity index is 2.98. The van der Waals surface area contributed by atoms with Crippen LogP contribution in [0.1, 0.15) is 28.9 Å². The van der Waals surface area contributed by atoms with Gasteiger partial charge in [-0.25, -0.2) is 4.79 Å². The minimum atomic E-state index is -1.82. The van der Waals surface area contributed by atoms with Crippen LogP contribution in [0.25, 0.3) is 0 Å². The quantitative estimate of drug-likeness (QED) is 0.511. The predicted octanol–water partition coefficient (Wildman–Crippen LogP) is 0.162. The Kier molecular flexibility index (Phi) is 4.82. The van der Waals surface area contributed by atoms with Gasteiger partial charge in [0.1, 0.15) is 18.1 Å². The van der Waals surface area contributed by atoms with Gasteiger partial charge in [-0.05, 0) is 25.1 Å². The van der Waals surface area contributed by atoms with Crippen LogP contribution >= 0.6 is 0 Å². The van der Waals surface area contributed by atoms with E-state index in [1.54, 1.807) is 6.92 Å². The highest BCUT2D eigenvalue weighted by Crippen LogP contribution is 2.27. The lowest BCUT2D eigenvalue weighted by Gasteiger charge is -2.17. The summed E-state index contributed by atoms with van der Waals surface area (Å²) in [6, 6.07) is 3.73. The largest absolute Gasteiger partial charge is 0.508 e. The third-order valence-corrected chi connectivity index (χ3v) is 2.33. The van der Waals surface area contributed by atoms with E-state index in [0.717, 1.165) is 0 Å². The van der Waals surface area contributed by atoms with Gasteiger partial charge in [0.25, 0.3) is 0 Å². The molecule has 1 aromatic rings. The van der Waals surface area contributed by atoms with Crippen molar-refractivity contribution in [3.8, 4) is 5.75 Å². The van der Waals surface area contributed by atoms with Crippen molar-refractivity contribution < 1.29 is 29.6 Å². The molecule has 0 amide bonds. The Hall–Kier alpha value is -1.92. The minimum absolute atomic E-state index is 0.0585. The number of aliphatic hydroxyl groups is 2. The fourth-order valence-electron chi connectivity index (χ4n) is 1.41. The molecule has 0 aromatic heterocycles. The molecule has 0 spiro atoms. The number of phenolic OH excluding ortho intramolecular Hbond substituents is 1. The number of hydrogen-bond donors (Lipinski definition) is 3. The number of carbonyl (C=O) groups excluding carboxylic acids is 2. The summed E-state index contributed by atoms with van der Waals surface area (Å²) in [7, 11) is 0. The lowest BCUT2D eigenvalue weighted by Crippen LogP contribution is -2.30. The summed E-state index contributed by atoms with van der Waals surface area (Å²) in [6.07, 6.45) is -2.96. The van der Waals surface area contributed by atoms with E-state index in [1.807, 2.05) is 0 Å². The molecule has 3 N–H and O–H groups in total. The molecule has 6 nitrogen and oxygen atoms in total. The van der Waals surface area contributed by atoms with Crippen LogP contribution in [0.4, 0.5) is 0 Å². The number of ether oxygens (including phenoxy) is 1. The first-order chi connectivity index (χ1) is 8.51. The van der Waals surface area contributed by atoms with E-state index >= 15 is 0 Å². The van der Waals surface area contributed by atoms with Gasteiger partial charge in [-0.1, -0.05) is 0 Å². The molecule has 6 heteroatoms. The van der Waals surface area contributed by atoms with Gasteiger partial charge in [-0.2, -0.15) is 0 Å². The molecule has 18 heavy (non-hydrogen) atoms. The van der Waals surface area contributed by atoms with Gasteiger partial charge < -0.3 is 20.1 Å². The molecule has 0 aliphatic rings.